The van der Waals surface area contributed by atoms with Crippen LogP contribution in [0.4, 0.5) is 4.79 Å². The summed E-state index contributed by atoms with van der Waals surface area (Å²) in [7, 11) is -3.43. The summed E-state index contributed by atoms with van der Waals surface area (Å²) >= 11 is 0. The molecule has 1 aromatic rings. The lowest BCUT2D eigenvalue weighted by Crippen LogP contribution is -2.50. The second-order valence-corrected chi connectivity index (χ2v) is 8.35. The van der Waals surface area contributed by atoms with Crippen molar-refractivity contribution in [3.8, 4) is 0 Å². The summed E-state index contributed by atoms with van der Waals surface area (Å²) in [5.74, 6) is -0.235. The van der Waals surface area contributed by atoms with Gasteiger partial charge in [0.2, 0.25) is 10.0 Å². The first-order valence-corrected chi connectivity index (χ1v) is 10.9. The first kappa shape index (κ1) is 21.2. The third kappa shape index (κ3) is 6.21. The van der Waals surface area contributed by atoms with Crippen LogP contribution in [0.15, 0.2) is 30.3 Å². The number of piperidine rings is 1. The zero-order chi connectivity index (χ0) is 19.9. The molecule has 2 amide bonds. The number of benzene rings is 1. The van der Waals surface area contributed by atoms with Crippen LogP contribution in [-0.4, -0.2) is 74.7 Å². The maximum Gasteiger partial charge on any atom is 0.409 e. The number of hydrogen-bond acceptors (Lipinski definition) is 5. The van der Waals surface area contributed by atoms with Gasteiger partial charge in [0, 0.05) is 37.8 Å². The third-order valence-electron chi connectivity index (χ3n) is 4.48. The van der Waals surface area contributed by atoms with Gasteiger partial charge < -0.3 is 15.0 Å². The van der Waals surface area contributed by atoms with Gasteiger partial charge in [0.25, 0.3) is 5.91 Å². The monoisotopic (exact) mass is 397 g/mol. The number of carbonyl (C=O) groups is 2. The third-order valence-corrected chi connectivity index (χ3v) is 5.81. The van der Waals surface area contributed by atoms with Crippen molar-refractivity contribution in [3.63, 3.8) is 0 Å². The lowest BCUT2D eigenvalue weighted by molar-refractivity contribution is 0.0871. The molecule has 1 fully saturated rings. The summed E-state index contributed by atoms with van der Waals surface area (Å²) in [6.07, 6.45) is 1.89. The highest BCUT2D eigenvalue weighted by Crippen LogP contribution is 2.19. The van der Waals surface area contributed by atoms with Crippen LogP contribution in [0.25, 0.3) is 0 Å². The minimum atomic E-state index is -3.43. The molecule has 1 saturated heterocycles. The minimum absolute atomic E-state index is 0.195. The number of amides is 2. The topological polar surface area (TPSA) is 96.0 Å². The van der Waals surface area contributed by atoms with Crippen molar-refractivity contribution in [1.29, 1.82) is 0 Å². The van der Waals surface area contributed by atoms with Gasteiger partial charge in [-0.25, -0.2) is 13.2 Å². The fourth-order valence-corrected chi connectivity index (χ4v) is 4.32. The minimum Gasteiger partial charge on any atom is -0.450 e. The number of hydrogen-bond donors (Lipinski definition) is 1. The average Bonchev–Trinajstić information content (AvgIpc) is 2.65. The lowest BCUT2D eigenvalue weighted by atomic mass is 10.1. The van der Waals surface area contributed by atoms with E-state index in [2.05, 4.69) is 5.32 Å². The Bertz CT molecular complexity index is 731. The normalized spacial score (nSPS) is 15.6. The first-order chi connectivity index (χ1) is 12.8. The predicted octanol–water partition coefficient (Wildman–Crippen LogP) is 1.30. The molecule has 0 unspecified atom stereocenters. The zero-order valence-corrected chi connectivity index (χ0v) is 16.6. The Morgan fingerprint density at radius 1 is 1.22 bits per heavy atom. The van der Waals surface area contributed by atoms with E-state index in [-0.39, 0.29) is 31.1 Å². The van der Waals surface area contributed by atoms with E-state index < -0.39 is 10.0 Å². The Morgan fingerprint density at radius 3 is 2.41 bits per heavy atom. The van der Waals surface area contributed by atoms with Crippen LogP contribution < -0.4 is 5.32 Å². The van der Waals surface area contributed by atoms with Crippen molar-refractivity contribution >= 4 is 22.0 Å². The number of sulfonamides is 1. The van der Waals surface area contributed by atoms with E-state index in [0.29, 0.717) is 38.1 Å². The van der Waals surface area contributed by atoms with Gasteiger partial charge >= 0.3 is 6.09 Å². The highest BCUT2D eigenvalue weighted by molar-refractivity contribution is 7.88. The quantitative estimate of drug-likeness (QED) is 0.748. The van der Waals surface area contributed by atoms with Crippen LogP contribution in [0.5, 0.6) is 0 Å². The Labute approximate surface area is 160 Å². The summed E-state index contributed by atoms with van der Waals surface area (Å²) < 4.78 is 30.8. The van der Waals surface area contributed by atoms with Crippen molar-refractivity contribution in [3.05, 3.63) is 35.9 Å². The Kier molecular flexibility index (Phi) is 7.61. The molecule has 0 bridgehead atoms. The number of likely N-dealkylation sites (tertiary alicyclic amines) is 1. The van der Waals surface area contributed by atoms with Crippen LogP contribution in [-0.2, 0) is 14.8 Å². The van der Waals surface area contributed by atoms with Crippen LogP contribution in [0.2, 0.25) is 0 Å². The van der Waals surface area contributed by atoms with E-state index in [9.17, 15) is 18.0 Å². The molecule has 0 radical (unpaired) electrons. The molecule has 1 aliphatic rings. The van der Waals surface area contributed by atoms with Crippen molar-refractivity contribution in [2.75, 3.05) is 39.0 Å². The zero-order valence-electron chi connectivity index (χ0n) is 15.8. The van der Waals surface area contributed by atoms with Crippen LogP contribution in [0.1, 0.15) is 30.1 Å². The van der Waals surface area contributed by atoms with Crippen LogP contribution >= 0.6 is 0 Å². The Morgan fingerprint density at radius 2 is 1.85 bits per heavy atom. The number of rotatable bonds is 7. The Balaban J connectivity index is 1.89. The molecule has 1 aromatic carbocycles. The fourth-order valence-electron chi connectivity index (χ4n) is 3.14. The molecule has 0 atom stereocenters. The number of carbonyl (C=O) groups excluding carboxylic acids is 2. The van der Waals surface area contributed by atoms with E-state index in [4.69, 9.17) is 4.74 Å². The molecule has 1 aliphatic heterocycles. The number of nitrogens with zero attached hydrogens (tertiary/aromatic N) is 2. The van der Waals surface area contributed by atoms with E-state index in [1.165, 1.54) is 10.6 Å². The summed E-state index contributed by atoms with van der Waals surface area (Å²) in [5, 5.41) is 2.75. The largest absolute Gasteiger partial charge is 0.450 e. The van der Waals surface area contributed by atoms with Gasteiger partial charge in [-0.15, -0.1) is 0 Å². The summed E-state index contributed by atoms with van der Waals surface area (Å²) in [4.78, 5) is 25.5. The van der Waals surface area contributed by atoms with Gasteiger partial charge in [-0.1, -0.05) is 18.2 Å². The van der Waals surface area contributed by atoms with E-state index in [1.54, 1.807) is 36.1 Å². The molecule has 8 nitrogen and oxygen atoms in total. The van der Waals surface area contributed by atoms with E-state index in [0.717, 1.165) is 0 Å². The molecule has 9 heteroatoms. The maximum absolute atomic E-state index is 12.2. The van der Waals surface area contributed by atoms with Crippen LogP contribution in [0.3, 0.4) is 0 Å². The molecule has 1 heterocycles. The molecule has 2 rings (SSSR count). The maximum atomic E-state index is 12.2. The van der Waals surface area contributed by atoms with Gasteiger partial charge in [0.15, 0.2) is 0 Å². The van der Waals surface area contributed by atoms with Gasteiger partial charge in [-0.2, -0.15) is 4.31 Å². The molecule has 0 aliphatic carbocycles. The predicted molar refractivity (Wildman–Crippen MR) is 102 cm³/mol. The fraction of sp³-hybridized carbons (Fsp3) is 0.556. The van der Waals surface area contributed by atoms with Gasteiger partial charge in [-0.05, 0) is 31.9 Å². The summed E-state index contributed by atoms with van der Waals surface area (Å²) in [5.41, 5.74) is 0.533. The Hall–Kier alpha value is -2.13. The molecule has 0 spiro atoms. The summed E-state index contributed by atoms with van der Waals surface area (Å²) in [6, 6.07) is 8.58. The SMILES string of the molecule is CCOC(=O)N1CCC(N(CCNC(=O)c2ccccc2)S(C)(=O)=O)CC1. The average molecular weight is 397 g/mol. The first-order valence-electron chi connectivity index (χ1n) is 9.04. The van der Waals surface area contributed by atoms with Gasteiger partial charge in [-0.3, -0.25) is 4.79 Å². The standard InChI is InChI=1S/C18H27N3O5S/c1-3-26-18(23)20-12-9-16(10-13-20)21(27(2,24)25)14-11-19-17(22)15-7-5-4-6-8-15/h4-8,16H,3,9-14H2,1-2H3,(H,19,22). The van der Waals surface area contributed by atoms with Gasteiger partial charge in [0.05, 0.1) is 12.9 Å². The van der Waals surface area contributed by atoms with E-state index in [1.807, 2.05) is 6.07 Å². The number of ether oxygens (including phenoxy) is 1. The second kappa shape index (κ2) is 9.70. The van der Waals surface area contributed by atoms with Crippen molar-refractivity contribution in [2.24, 2.45) is 0 Å². The molecule has 1 N–H and O–H groups in total. The van der Waals surface area contributed by atoms with E-state index >= 15 is 0 Å². The second-order valence-electron chi connectivity index (χ2n) is 6.41. The lowest BCUT2D eigenvalue weighted by Gasteiger charge is -2.36. The van der Waals surface area contributed by atoms with Crippen molar-refractivity contribution in [2.45, 2.75) is 25.8 Å². The molecule has 27 heavy (non-hydrogen) atoms. The molecular formula is C18H27N3O5S. The molecular weight excluding hydrogens is 370 g/mol. The van der Waals surface area contributed by atoms with Crippen LogP contribution in [0, 0.1) is 0 Å². The van der Waals surface area contributed by atoms with Crippen molar-refractivity contribution in [1.82, 2.24) is 14.5 Å². The number of nitrogens with one attached hydrogen (secondary N) is 1. The summed E-state index contributed by atoms with van der Waals surface area (Å²) in [6.45, 7) is 3.38. The molecule has 0 aromatic heterocycles. The molecule has 0 saturated carbocycles. The van der Waals surface area contributed by atoms with Crippen molar-refractivity contribution < 1.29 is 22.7 Å². The van der Waals surface area contributed by atoms with Gasteiger partial charge in [0.1, 0.15) is 0 Å². The highest BCUT2D eigenvalue weighted by atomic mass is 32.2. The smallest absolute Gasteiger partial charge is 0.409 e. The molecule has 150 valence electrons. The highest BCUT2D eigenvalue weighted by Gasteiger charge is 2.31.